The number of nitrogens with zero attached hydrogens (tertiary/aromatic N) is 2. The van der Waals surface area contributed by atoms with E-state index in [4.69, 9.17) is 10.2 Å². The van der Waals surface area contributed by atoms with E-state index in [1.165, 1.54) is 4.57 Å². The number of nitrogen functional groups attached to an aromatic ring is 1. The maximum Gasteiger partial charge on any atom is 0.426 e. The van der Waals surface area contributed by atoms with E-state index in [0.717, 1.165) is 16.0 Å². The number of aromatic amines is 1. The number of imidazole rings is 1. The summed E-state index contributed by atoms with van der Waals surface area (Å²) in [6, 6.07) is 4.82. The highest BCUT2D eigenvalue weighted by molar-refractivity contribution is 5.93. The van der Waals surface area contributed by atoms with Crippen LogP contribution in [0.2, 0.25) is 0 Å². The van der Waals surface area contributed by atoms with Gasteiger partial charge in [-0.25, -0.2) is 14.2 Å². The Labute approximate surface area is 130 Å². The molecule has 3 rings (SSSR count). The fourth-order valence-corrected chi connectivity index (χ4v) is 2.56. The van der Waals surface area contributed by atoms with Crippen LogP contribution in [-0.2, 0) is 6.54 Å². The molecular weight excluding hydrogens is 300 g/mol. The van der Waals surface area contributed by atoms with Gasteiger partial charge in [-0.1, -0.05) is 6.07 Å². The highest BCUT2D eigenvalue weighted by Crippen LogP contribution is 2.19. The average molecular weight is 316 g/mol. The van der Waals surface area contributed by atoms with Gasteiger partial charge < -0.3 is 15.1 Å². The second-order valence-electron chi connectivity index (χ2n) is 5.33. The minimum atomic E-state index is -0.780. The molecule has 0 unspecified atom stereocenters. The van der Waals surface area contributed by atoms with Crippen LogP contribution < -0.4 is 17.2 Å². The monoisotopic (exact) mass is 316 g/mol. The quantitative estimate of drug-likeness (QED) is 0.700. The zero-order valence-electron chi connectivity index (χ0n) is 12.8. The van der Waals surface area contributed by atoms with Crippen LogP contribution in [0.5, 0.6) is 0 Å². The molecule has 23 heavy (non-hydrogen) atoms. The summed E-state index contributed by atoms with van der Waals surface area (Å²) in [5.74, 6) is -1.23. The van der Waals surface area contributed by atoms with Crippen LogP contribution in [0.25, 0.3) is 11.1 Å². The van der Waals surface area contributed by atoms with Crippen molar-refractivity contribution in [1.29, 1.82) is 0 Å². The lowest BCUT2D eigenvalue weighted by molar-refractivity contribution is 0.0892. The number of carbonyl (C=O) groups is 1. The second-order valence-corrected chi connectivity index (χ2v) is 5.33. The summed E-state index contributed by atoms with van der Waals surface area (Å²) in [6.07, 6.45) is -0.0125. The number of rotatable bonds is 3. The highest BCUT2D eigenvalue weighted by Gasteiger charge is 2.18. The summed E-state index contributed by atoms with van der Waals surface area (Å²) in [7, 11) is 0. The molecule has 0 aliphatic rings. The second kappa shape index (κ2) is 5.31. The third-order valence-electron chi connectivity index (χ3n) is 3.92. The lowest BCUT2D eigenvalue weighted by atomic mass is 10.2. The van der Waals surface area contributed by atoms with Crippen molar-refractivity contribution in [3.05, 3.63) is 50.6 Å². The molecule has 8 nitrogen and oxygen atoms in total. The number of hydrogen-bond acceptors (Lipinski definition) is 5. The van der Waals surface area contributed by atoms with Crippen molar-refractivity contribution in [2.75, 3.05) is 5.73 Å². The fraction of sp³-hybridized carbons (Fsp3) is 0.267. The van der Waals surface area contributed by atoms with E-state index in [9.17, 15) is 14.4 Å². The maximum absolute atomic E-state index is 12.4. The first-order chi connectivity index (χ1) is 10.9. The van der Waals surface area contributed by atoms with Crippen LogP contribution in [0.4, 0.5) is 5.69 Å². The van der Waals surface area contributed by atoms with Gasteiger partial charge in [-0.3, -0.25) is 9.36 Å². The number of carbonyl (C=O) groups excluding carboxylic acids is 1. The number of benzene rings is 1. The third kappa shape index (κ3) is 2.37. The van der Waals surface area contributed by atoms with Gasteiger partial charge in [0, 0.05) is 24.4 Å². The van der Waals surface area contributed by atoms with Gasteiger partial charge in [0.15, 0.2) is 5.58 Å². The van der Waals surface area contributed by atoms with Crippen molar-refractivity contribution in [1.82, 2.24) is 14.1 Å². The van der Waals surface area contributed by atoms with Gasteiger partial charge in [0.05, 0.1) is 5.69 Å². The van der Waals surface area contributed by atoms with Crippen LogP contribution in [0.15, 0.2) is 32.2 Å². The minimum Gasteiger partial charge on any atom is -0.405 e. The number of nitrogens with one attached hydrogen (secondary N) is 1. The van der Waals surface area contributed by atoms with Crippen molar-refractivity contribution < 1.29 is 9.21 Å². The van der Waals surface area contributed by atoms with Crippen molar-refractivity contribution in [2.45, 2.75) is 26.8 Å². The number of nitrogens with two attached hydrogens (primary N) is 1. The first kappa shape index (κ1) is 14.9. The van der Waals surface area contributed by atoms with Gasteiger partial charge >= 0.3 is 11.4 Å². The Morgan fingerprint density at radius 3 is 2.70 bits per heavy atom. The van der Waals surface area contributed by atoms with Gasteiger partial charge in [-0.15, -0.1) is 0 Å². The molecule has 0 amide bonds. The zero-order valence-corrected chi connectivity index (χ0v) is 12.8. The van der Waals surface area contributed by atoms with E-state index < -0.39 is 11.7 Å². The third-order valence-corrected chi connectivity index (χ3v) is 3.92. The molecule has 0 saturated heterocycles. The molecule has 0 fully saturated rings. The Balaban J connectivity index is 1.93. The van der Waals surface area contributed by atoms with Crippen molar-refractivity contribution in [3.63, 3.8) is 0 Å². The summed E-state index contributed by atoms with van der Waals surface area (Å²) in [5.41, 5.74) is 7.79. The number of hydrogen-bond donors (Lipinski definition) is 2. The van der Waals surface area contributed by atoms with E-state index in [1.807, 2.05) is 0 Å². The molecule has 8 heteroatoms. The molecule has 0 radical (unpaired) electrons. The maximum atomic E-state index is 12.4. The van der Waals surface area contributed by atoms with Crippen LogP contribution in [-0.4, -0.2) is 20.0 Å². The van der Waals surface area contributed by atoms with Crippen LogP contribution in [0, 0.1) is 13.8 Å². The van der Waals surface area contributed by atoms with Crippen LogP contribution >= 0.6 is 0 Å². The van der Waals surface area contributed by atoms with Crippen molar-refractivity contribution in [2.24, 2.45) is 0 Å². The van der Waals surface area contributed by atoms with Gasteiger partial charge in [0.1, 0.15) is 5.52 Å². The summed E-state index contributed by atoms with van der Waals surface area (Å²) in [4.78, 5) is 38.8. The number of fused-ring (bicyclic) bond motifs is 1. The summed E-state index contributed by atoms with van der Waals surface area (Å²) in [5, 5.41) is 0. The Hall–Kier alpha value is -3.03. The molecule has 2 aromatic heterocycles. The van der Waals surface area contributed by atoms with E-state index in [1.54, 1.807) is 32.0 Å². The first-order valence-corrected chi connectivity index (χ1v) is 7.09. The predicted molar refractivity (Wildman–Crippen MR) is 84.7 cm³/mol. The number of aryl methyl sites for hydroxylation is 1. The Morgan fingerprint density at radius 1 is 1.30 bits per heavy atom. The van der Waals surface area contributed by atoms with Crippen LogP contribution in [0.3, 0.4) is 0 Å². The molecular formula is C15H16N4O4. The molecule has 0 bridgehead atoms. The standard InChI is InChI=1S/C15H16N4O4/c1-8-9(2)18(14(21)17-8)7-6-12(20)19-11-5-3-4-10(16)13(11)23-15(19)22/h3-5H,6-7,16H2,1-2H3,(H,17,21). The van der Waals surface area contributed by atoms with E-state index in [-0.39, 0.29) is 24.2 Å². The molecule has 0 atom stereocenters. The zero-order chi connectivity index (χ0) is 16.7. The number of aromatic nitrogens is 3. The van der Waals surface area contributed by atoms with E-state index in [0.29, 0.717) is 11.2 Å². The molecule has 0 aliphatic heterocycles. The van der Waals surface area contributed by atoms with Crippen LogP contribution in [0.1, 0.15) is 22.6 Å². The molecule has 1 aromatic carbocycles. The normalized spacial score (nSPS) is 11.2. The minimum absolute atomic E-state index is 0.0125. The molecule has 0 saturated carbocycles. The van der Waals surface area contributed by atoms with Gasteiger partial charge in [0.25, 0.3) is 0 Å². The Morgan fingerprint density at radius 2 is 2.04 bits per heavy atom. The number of anilines is 1. The fourth-order valence-electron chi connectivity index (χ4n) is 2.56. The predicted octanol–water partition coefficient (Wildman–Crippen LogP) is 1.01. The summed E-state index contributed by atoms with van der Waals surface area (Å²) in [6.45, 7) is 3.75. The van der Waals surface area contributed by atoms with Crippen molar-refractivity contribution >= 4 is 22.7 Å². The molecule has 2 heterocycles. The average Bonchev–Trinajstić information content (AvgIpc) is 2.95. The summed E-state index contributed by atoms with van der Waals surface area (Å²) < 4.78 is 7.46. The Kier molecular flexibility index (Phi) is 3.44. The lowest BCUT2D eigenvalue weighted by Crippen LogP contribution is -2.26. The lowest BCUT2D eigenvalue weighted by Gasteiger charge is -2.04. The number of para-hydroxylation sites is 1. The van der Waals surface area contributed by atoms with E-state index >= 15 is 0 Å². The topological polar surface area (TPSA) is 116 Å². The molecule has 3 N–H and O–H groups in total. The smallest absolute Gasteiger partial charge is 0.405 e. The molecule has 3 aromatic rings. The van der Waals surface area contributed by atoms with Gasteiger partial charge in [-0.2, -0.15) is 0 Å². The molecule has 0 aliphatic carbocycles. The Bertz CT molecular complexity index is 1020. The van der Waals surface area contributed by atoms with E-state index in [2.05, 4.69) is 4.98 Å². The van der Waals surface area contributed by atoms with Crippen molar-refractivity contribution in [3.8, 4) is 0 Å². The first-order valence-electron chi connectivity index (χ1n) is 7.09. The number of oxazole rings is 1. The van der Waals surface area contributed by atoms with Gasteiger partial charge in [0.2, 0.25) is 5.91 Å². The SMILES string of the molecule is Cc1[nH]c(=O)n(CCC(=O)n2c(=O)oc3c(N)cccc32)c1C. The van der Waals surface area contributed by atoms with Gasteiger partial charge in [-0.05, 0) is 26.0 Å². The molecule has 0 spiro atoms. The highest BCUT2D eigenvalue weighted by atomic mass is 16.4. The largest absolute Gasteiger partial charge is 0.426 e. The number of H-pyrrole nitrogens is 1. The molecule has 120 valence electrons. The summed E-state index contributed by atoms with van der Waals surface area (Å²) >= 11 is 0.